The van der Waals surface area contributed by atoms with Crippen molar-refractivity contribution in [2.75, 3.05) is 11.1 Å². The Labute approximate surface area is 197 Å². The summed E-state index contributed by atoms with van der Waals surface area (Å²) in [7, 11) is 0. The summed E-state index contributed by atoms with van der Waals surface area (Å²) in [6.45, 7) is 5.55. The zero-order chi connectivity index (χ0) is 23.6. The minimum atomic E-state index is -0.493. The number of ketones is 1. The third-order valence-corrected chi connectivity index (χ3v) is 6.90. The van der Waals surface area contributed by atoms with Gasteiger partial charge in [-0.15, -0.1) is 0 Å². The fraction of sp³-hybridized carbons (Fsp3) is 0.385. The SMILES string of the molecule is CC(C)(C)C(=O)Nc1ccc(C(=O)CSc2nc3ccccc3c(=O)n2C2CCCC2)cc1. The molecule has 7 heteroatoms. The van der Waals surface area contributed by atoms with Gasteiger partial charge in [0.15, 0.2) is 10.9 Å². The van der Waals surface area contributed by atoms with E-state index < -0.39 is 5.41 Å². The molecule has 0 radical (unpaired) electrons. The number of amides is 1. The van der Waals surface area contributed by atoms with Gasteiger partial charge >= 0.3 is 0 Å². The smallest absolute Gasteiger partial charge is 0.262 e. The normalized spacial score (nSPS) is 14.5. The molecule has 1 aliphatic carbocycles. The highest BCUT2D eigenvalue weighted by molar-refractivity contribution is 7.99. The van der Waals surface area contributed by atoms with Gasteiger partial charge in [-0.2, -0.15) is 0 Å². The fourth-order valence-corrected chi connectivity index (χ4v) is 4.94. The second-order valence-corrected chi connectivity index (χ2v) is 10.5. The van der Waals surface area contributed by atoms with Crippen molar-refractivity contribution in [1.82, 2.24) is 9.55 Å². The number of Topliss-reactive ketones (excluding diaryl/α,β-unsaturated/α-hetero) is 1. The van der Waals surface area contributed by atoms with E-state index in [1.165, 1.54) is 11.8 Å². The molecule has 33 heavy (non-hydrogen) atoms. The molecule has 0 aliphatic heterocycles. The number of rotatable bonds is 6. The summed E-state index contributed by atoms with van der Waals surface area (Å²) in [6.07, 6.45) is 4.13. The van der Waals surface area contributed by atoms with Crippen LogP contribution < -0.4 is 10.9 Å². The largest absolute Gasteiger partial charge is 0.326 e. The number of hydrogen-bond donors (Lipinski definition) is 1. The number of fused-ring (bicyclic) bond motifs is 1. The Kier molecular flexibility index (Phi) is 6.70. The quantitative estimate of drug-likeness (QED) is 0.298. The Hall–Kier alpha value is -2.93. The van der Waals surface area contributed by atoms with Crippen molar-refractivity contribution in [3.8, 4) is 0 Å². The van der Waals surface area contributed by atoms with Crippen LogP contribution in [-0.2, 0) is 4.79 Å². The van der Waals surface area contributed by atoms with Crippen LogP contribution in [0.2, 0.25) is 0 Å². The number of benzene rings is 2. The van der Waals surface area contributed by atoms with Gasteiger partial charge in [-0.05, 0) is 49.2 Å². The molecule has 0 atom stereocenters. The van der Waals surface area contributed by atoms with E-state index >= 15 is 0 Å². The van der Waals surface area contributed by atoms with Gasteiger partial charge < -0.3 is 5.32 Å². The Morgan fingerprint density at radius 1 is 1.06 bits per heavy atom. The number of nitrogens with one attached hydrogen (secondary N) is 1. The van der Waals surface area contributed by atoms with Crippen LogP contribution in [-0.4, -0.2) is 27.0 Å². The van der Waals surface area contributed by atoms with Crippen molar-refractivity contribution < 1.29 is 9.59 Å². The predicted molar refractivity (Wildman–Crippen MR) is 133 cm³/mol. The minimum absolute atomic E-state index is 0.0265. The average Bonchev–Trinajstić information content (AvgIpc) is 3.32. The zero-order valence-corrected chi connectivity index (χ0v) is 20.1. The zero-order valence-electron chi connectivity index (χ0n) is 19.3. The molecule has 0 unspecified atom stereocenters. The van der Waals surface area contributed by atoms with Gasteiger partial charge in [0, 0.05) is 22.7 Å². The van der Waals surface area contributed by atoms with Gasteiger partial charge in [-0.1, -0.05) is 57.5 Å². The molecule has 1 amide bonds. The Bertz CT molecular complexity index is 1240. The number of para-hydroxylation sites is 1. The van der Waals surface area contributed by atoms with Crippen LogP contribution in [0, 0.1) is 5.41 Å². The highest BCUT2D eigenvalue weighted by Crippen LogP contribution is 2.32. The highest BCUT2D eigenvalue weighted by atomic mass is 32.2. The van der Waals surface area contributed by atoms with Gasteiger partial charge in [0.05, 0.1) is 16.7 Å². The monoisotopic (exact) mass is 463 g/mol. The first-order chi connectivity index (χ1) is 15.7. The molecular weight excluding hydrogens is 434 g/mol. The lowest BCUT2D eigenvalue weighted by Gasteiger charge is -2.18. The molecule has 1 heterocycles. The number of hydrogen-bond acceptors (Lipinski definition) is 5. The third kappa shape index (κ3) is 5.19. The minimum Gasteiger partial charge on any atom is -0.326 e. The molecule has 2 aromatic carbocycles. The van der Waals surface area contributed by atoms with E-state index in [2.05, 4.69) is 5.32 Å². The van der Waals surface area contributed by atoms with Crippen LogP contribution in [0.15, 0.2) is 58.5 Å². The summed E-state index contributed by atoms with van der Waals surface area (Å²) in [5, 5.41) is 4.09. The van der Waals surface area contributed by atoms with Crippen molar-refractivity contribution in [1.29, 1.82) is 0 Å². The van der Waals surface area contributed by atoms with Crippen molar-refractivity contribution >= 4 is 40.0 Å². The van der Waals surface area contributed by atoms with E-state index in [0.717, 1.165) is 25.7 Å². The molecular formula is C26H29N3O3S. The molecule has 6 nitrogen and oxygen atoms in total. The van der Waals surface area contributed by atoms with E-state index in [9.17, 15) is 14.4 Å². The first kappa shape index (κ1) is 23.2. The molecule has 1 aliphatic rings. The molecule has 3 aromatic rings. The van der Waals surface area contributed by atoms with Gasteiger partial charge in [0.25, 0.3) is 5.56 Å². The fourth-order valence-electron chi connectivity index (χ4n) is 3.98. The second kappa shape index (κ2) is 9.51. The first-order valence-corrected chi connectivity index (χ1v) is 12.3. The maximum absolute atomic E-state index is 13.2. The van der Waals surface area contributed by atoms with Crippen LogP contribution in [0.25, 0.3) is 10.9 Å². The highest BCUT2D eigenvalue weighted by Gasteiger charge is 2.24. The summed E-state index contributed by atoms with van der Waals surface area (Å²) in [5.74, 6) is 0.0593. The van der Waals surface area contributed by atoms with Crippen LogP contribution in [0.3, 0.4) is 0 Å². The second-order valence-electron chi connectivity index (χ2n) is 9.52. The number of carbonyl (C=O) groups excluding carboxylic acids is 2. The predicted octanol–water partition coefficient (Wildman–Crippen LogP) is 5.47. The molecule has 0 saturated heterocycles. The van der Waals surface area contributed by atoms with Crippen molar-refractivity contribution in [2.24, 2.45) is 5.41 Å². The van der Waals surface area contributed by atoms with Gasteiger partial charge in [0.1, 0.15) is 0 Å². The lowest BCUT2D eigenvalue weighted by atomic mass is 9.95. The maximum atomic E-state index is 13.2. The summed E-state index contributed by atoms with van der Waals surface area (Å²) >= 11 is 1.32. The van der Waals surface area contributed by atoms with E-state index in [-0.39, 0.29) is 29.0 Å². The topological polar surface area (TPSA) is 81.1 Å². The third-order valence-electron chi connectivity index (χ3n) is 5.94. The summed E-state index contributed by atoms with van der Waals surface area (Å²) in [6, 6.07) is 14.4. The van der Waals surface area contributed by atoms with Crippen LogP contribution in [0.1, 0.15) is 62.9 Å². The van der Waals surface area contributed by atoms with E-state index in [1.54, 1.807) is 28.8 Å². The van der Waals surface area contributed by atoms with Crippen LogP contribution in [0.4, 0.5) is 5.69 Å². The Morgan fingerprint density at radius 2 is 1.73 bits per heavy atom. The van der Waals surface area contributed by atoms with E-state index in [0.29, 0.717) is 27.3 Å². The number of thioether (sulfide) groups is 1. The number of anilines is 1. The molecule has 4 rings (SSSR count). The van der Waals surface area contributed by atoms with Gasteiger partial charge in [0.2, 0.25) is 5.91 Å². The molecule has 0 spiro atoms. The maximum Gasteiger partial charge on any atom is 0.262 e. The number of carbonyl (C=O) groups is 2. The van der Waals surface area contributed by atoms with Crippen molar-refractivity contribution in [2.45, 2.75) is 57.7 Å². The molecule has 172 valence electrons. The summed E-state index contributed by atoms with van der Waals surface area (Å²) < 4.78 is 1.80. The summed E-state index contributed by atoms with van der Waals surface area (Å²) in [5.41, 5.74) is 1.36. The van der Waals surface area contributed by atoms with Crippen molar-refractivity contribution in [3.05, 3.63) is 64.4 Å². The molecule has 1 N–H and O–H groups in total. The first-order valence-electron chi connectivity index (χ1n) is 11.3. The number of nitrogens with zero attached hydrogens (tertiary/aromatic N) is 2. The van der Waals surface area contributed by atoms with Gasteiger partial charge in [-0.25, -0.2) is 4.98 Å². The molecule has 1 aromatic heterocycles. The Morgan fingerprint density at radius 3 is 2.39 bits per heavy atom. The van der Waals surface area contributed by atoms with Crippen LogP contribution >= 0.6 is 11.8 Å². The standard InChI is InChI=1S/C26H29N3O3S/c1-26(2,3)24(32)27-18-14-12-17(13-15-18)22(30)16-33-25-28-21-11-7-6-10-20(21)23(31)29(25)19-8-4-5-9-19/h6-7,10-15,19H,4-5,8-9,16H2,1-3H3,(H,27,32). The van der Waals surface area contributed by atoms with Crippen molar-refractivity contribution in [3.63, 3.8) is 0 Å². The average molecular weight is 464 g/mol. The molecule has 1 fully saturated rings. The Balaban J connectivity index is 1.52. The molecule has 1 saturated carbocycles. The van der Waals surface area contributed by atoms with Gasteiger partial charge in [-0.3, -0.25) is 19.0 Å². The number of aromatic nitrogens is 2. The lowest BCUT2D eigenvalue weighted by Crippen LogP contribution is -2.27. The van der Waals surface area contributed by atoms with E-state index in [4.69, 9.17) is 4.98 Å². The lowest BCUT2D eigenvalue weighted by molar-refractivity contribution is -0.123. The molecule has 0 bridgehead atoms. The van der Waals surface area contributed by atoms with Crippen LogP contribution in [0.5, 0.6) is 0 Å². The van der Waals surface area contributed by atoms with E-state index in [1.807, 2.05) is 45.0 Å². The summed E-state index contributed by atoms with van der Waals surface area (Å²) in [4.78, 5) is 43.0.